The van der Waals surface area contributed by atoms with Crippen molar-refractivity contribution >= 4 is 11.8 Å². The molecule has 1 fully saturated rings. The number of rotatable bonds is 10. The monoisotopic (exact) mass is 391 g/mol. The molecule has 2 unspecified atom stereocenters. The van der Waals surface area contributed by atoms with Gasteiger partial charge in [-0.2, -0.15) is 0 Å². The van der Waals surface area contributed by atoms with E-state index in [1.54, 1.807) is 19.1 Å². The fraction of sp³-hybridized carbons (Fsp3) is 0.619. The van der Waals surface area contributed by atoms with Gasteiger partial charge in [-0.3, -0.25) is 14.5 Å². The Labute approximate surface area is 167 Å². The third-order valence-electron chi connectivity index (χ3n) is 5.09. The standard InChI is InChI=1S/C21H33N3O4/c1-3-4-11-22-19(25)17(2)20(26)23-21(27,18-8-6-5-7-9-18)10-12-24-13-15-28-16-14-24/h5-9,17,27H,3-4,10-16H2,1-2H3,(H,22,25)(H,23,26). The molecule has 156 valence electrons. The van der Waals surface area contributed by atoms with Gasteiger partial charge in [-0.05, 0) is 13.3 Å². The summed E-state index contributed by atoms with van der Waals surface area (Å²) in [5, 5.41) is 16.8. The highest BCUT2D eigenvalue weighted by atomic mass is 16.5. The molecule has 3 N–H and O–H groups in total. The molecule has 1 aromatic rings. The van der Waals surface area contributed by atoms with Crippen molar-refractivity contribution in [3.63, 3.8) is 0 Å². The number of ether oxygens (including phenoxy) is 1. The van der Waals surface area contributed by atoms with Crippen molar-refractivity contribution in [1.82, 2.24) is 15.5 Å². The smallest absolute Gasteiger partial charge is 0.234 e. The van der Waals surface area contributed by atoms with Crippen LogP contribution < -0.4 is 10.6 Å². The largest absolute Gasteiger partial charge is 0.379 e. The van der Waals surface area contributed by atoms with Gasteiger partial charge in [0.05, 0.1) is 13.2 Å². The summed E-state index contributed by atoms with van der Waals surface area (Å²) in [5.41, 5.74) is -0.926. The molecule has 7 heteroatoms. The van der Waals surface area contributed by atoms with Crippen LogP contribution in [0.5, 0.6) is 0 Å². The lowest BCUT2D eigenvalue weighted by Crippen LogP contribution is -2.52. The number of nitrogens with one attached hydrogen (secondary N) is 2. The van der Waals surface area contributed by atoms with Gasteiger partial charge in [0.15, 0.2) is 5.72 Å². The zero-order chi connectivity index (χ0) is 20.4. The first kappa shape index (κ1) is 22.3. The lowest BCUT2D eigenvalue weighted by atomic mass is 9.97. The quantitative estimate of drug-likeness (QED) is 0.317. The summed E-state index contributed by atoms with van der Waals surface area (Å²) in [6.45, 7) is 7.71. The van der Waals surface area contributed by atoms with Crippen molar-refractivity contribution in [3.05, 3.63) is 35.9 Å². The van der Waals surface area contributed by atoms with E-state index in [1.807, 2.05) is 25.1 Å². The number of amides is 2. The lowest BCUT2D eigenvalue weighted by Gasteiger charge is -2.34. The molecule has 0 radical (unpaired) electrons. The van der Waals surface area contributed by atoms with E-state index in [-0.39, 0.29) is 5.91 Å². The SMILES string of the molecule is CCCCNC(=O)C(C)C(=O)NC(O)(CCN1CCOCC1)c1ccccc1. The number of hydrogen-bond acceptors (Lipinski definition) is 5. The molecule has 1 aromatic carbocycles. The van der Waals surface area contributed by atoms with Gasteiger partial charge in [-0.25, -0.2) is 0 Å². The van der Waals surface area contributed by atoms with Gasteiger partial charge in [-0.15, -0.1) is 0 Å². The third-order valence-corrected chi connectivity index (χ3v) is 5.09. The fourth-order valence-corrected chi connectivity index (χ4v) is 3.11. The number of benzene rings is 1. The van der Waals surface area contributed by atoms with Gasteiger partial charge in [-0.1, -0.05) is 43.7 Å². The molecule has 2 amide bonds. The van der Waals surface area contributed by atoms with Crippen LogP contribution in [0.15, 0.2) is 30.3 Å². The third kappa shape index (κ3) is 6.58. The number of morpholine rings is 1. The van der Waals surface area contributed by atoms with Gasteiger partial charge >= 0.3 is 0 Å². The van der Waals surface area contributed by atoms with E-state index >= 15 is 0 Å². The van der Waals surface area contributed by atoms with Crippen LogP contribution >= 0.6 is 0 Å². The van der Waals surface area contributed by atoms with Crippen LogP contribution in [-0.4, -0.2) is 61.2 Å². The Bertz CT molecular complexity index is 619. The summed E-state index contributed by atoms with van der Waals surface area (Å²) in [7, 11) is 0. The molecule has 1 saturated heterocycles. The van der Waals surface area contributed by atoms with Gasteiger partial charge in [0.1, 0.15) is 5.92 Å². The number of carbonyl (C=O) groups excluding carboxylic acids is 2. The van der Waals surface area contributed by atoms with Crippen LogP contribution in [0.4, 0.5) is 0 Å². The first-order chi connectivity index (χ1) is 13.5. The maximum atomic E-state index is 12.7. The van der Waals surface area contributed by atoms with E-state index in [9.17, 15) is 14.7 Å². The summed E-state index contributed by atoms with van der Waals surface area (Å²) in [6.07, 6.45) is 2.16. The highest BCUT2D eigenvalue weighted by molar-refractivity contribution is 6.00. The maximum Gasteiger partial charge on any atom is 0.234 e. The Kier molecular flexibility index (Phi) is 8.89. The first-order valence-electron chi connectivity index (χ1n) is 10.1. The van der Waals surface area contributed by atoms with Crippen molar-refractivity contribution in [3.8, 4) is 0 Å². The molecule has 0 aliphatic carbocycles. The van der Waals surface area contributed by atoms with Gasteiger partial charge in [0, 0.05) is 38.2 Å². The fourth-order valence-electron chi connectivity index (χ4n) is 3.11. The van der Waals surface area contributed by atoms with Crippen molar-refractivity contribution in [2.45, 2.75) is 38.8 Å². The zero-order valence-electron chi connectivity index (χ0n) is 16.9. The number of nitrogens with zero attached hydrogens (tertiary/aromatic N) is 1. The van der Waals surface area contributed by atoms with Crippen LogP contribution in [0.25, 0.3) is 0 Å². The van der Waals surface area contributed by atoms with Crippen LogP contribution in [0.1, 0.15) is 38.7 Å². The van der Waals surface area contributed by atoms with Crippen molar-refractivity contribution in [2.75, 3.05) is 39.4 Å². The Morgan fingerprint density at radius 1 is 1.21 bits per heavy atom. The van der Waals surface area contributed by atoms with E-state index in [4.69, 9.17) is 4.74 Å². The molecular formula is C21H33N3O4. The van der Waals surface area contributed by atoms with Crippen LogP contribution in [0, 0.1) is 5.92 Å². The predicted molar refractivity (Wildman–Crippen MR) is 107 cm³/mol. The second-order valence-electron chi connectivity index (χ2n) is 7.29. The van der Waals surface area contributed by atoms with Crippen molar-refractivity contribution < 1.29 is 19.4 Å². The minimum absolute atomic E-state index is 0.324. The second-order valence-corrected chi connectivity index (χ2v) is 7.29. The summed E-state index contributed by atoms with van der Waals surface area (Å²) >= 11 is 0. The molecule has 0 saturated carbocycles. The molecule has 2 atom stereocenters. The Balaban J connectivity index is 2.04. The van der Waals surface area contributed by atoms with E-state index in [2.05, 4.69) is 15.5 Å². The molecular weight excluding hydrogens is 358 g/mol. The lowest BCUT2D eigenvalue weighted by molar-refractivity contribution is -0.140. The number of carbonyl (C=O) groups is 2. The number of unbranched alkanes of at least 4 members (excludes halogenated alkanes) is 1. The summed E-state index contributed by atoms with van der Waals surface area (Å²) in [6, 6.07) is 9.07. The van der Waals surface area contributed by atoms with Gasteiger partial charge in [0.2, 0.25) is 11.8 Å². The van der Waals surface area contributed by atoms with E-state index in [0.717, 1.165) is 25.9 Å². The van der Waals surface area contributed by atoms with E-state index in [0.29, 0.717) is 38.3 Å². The minimum Gasteiger partial charge on any atom is -0.379 e. The zero-order valence-corrected chi connectivity index (χ0v) is 16.9. The van der Waals surface area contributed by atoms with Crippen LogP contribution in [0.3, 0.4) is 0 Å². The van der Waals surface area contributed by atoms with E-state index in [1.165, 1.54) is 0 Å². The average Bonchev–Trinajstić information content (AvgIpc) is 2.73. The molecule has 2 rings (SSSR count). The van der Waals surface area contributed by atoms with Crippen LogP contribution in [0.2, 0.25) is 0 Å². The summed E-state index contributed by atoms with van der Waals surface area (Å²) < 4.78 is 5.36. The normalized spacial score (nSPS) is 18.1. The minimum atomic E-state index is -1.53. The molecule has 0 bridgehead atoms. The van der Waals surface area contributed by atoms with Gasteiger partial charge in [0.25, 0.3) is 0 Å². The molecule has 7 nitrogen and oxygen atoms in total. The number of aliphatic hydroxyl groups is 1. The summed E-state index contributed by atoms with van der Waals surface area (Å²) in [5.74, 6) is -1.69. The molecule has 0 aromatic heterocycles. The van der Waals surface area contributed by atoms with Crippen molar-refractivity contribution in [2.24, 2.45) is 5.92 Å². The Morgan fingerprint density at radius 2 is 1.89 bits per heavy atom. The summed E-state index contributed by atoms with van der Waals surface area (Å²) in [4.78, 5) is 27.1. The predicted octanol–water partition coefficient (Wildman–Crippen LogP) is 1.22. The highest BCUT2D eigenvalue weighted by Crippen LogP contribution is 2.23. The van der Waals surface area contributed by atoms with Crippen LogP contribution in [-0.2, 0) is 20.1 Å². The van der Waals surface area contributed by atoms with Gasteiger partial charge < -0.3 is 20.5 Å². The van der Waals surface area contributed by atoms with Crippen molar-refractivity contribution in [1.29, 1.82) is 0 Å². The van der Waals surface area contributed by atoms with E-state index < -0.39 is 17.6 Å². The second kappa shape index (κ2) is 11.1. The average molecular weight is 392 g/mol. The highest BCUT2D eigenvalue weighted by Gasteiger charge is 2.34. The topological polar surface area (TPSA) is 90.9 Å². The Morgan fingerprint density at radius 3 is 2.54 bits per heavy atom. The Hall–Kier alpha value is -1.96. The molecule has 1 aliphatic rings. The molecule has 0 spiro atoms. The molecule has 28 heavy (non-hydrogen) atoms. The number of hydrogen-bond donors (Lipinski definition) is 3. The molecule has 1 aliphatic heterocycles. The maximum absolute atomic E-state index is 12.7. The first-order valence-corrected chi connectivity index (χ1v) is 10.1. The molecule has 1 heterocycles.